The summed E-state index contributed by atoms with van der Waals surface area (Å²) < 4.78 is 5.27. The highest BCUT2D eigenvalue weighted by Crippen LogP contribution is 2.44. The van der Waals surface area contributed by atoms with Gasteiger partial charge < -0.3 is 15.8 Å². The van der Waals surface area contributed by atoms with Gasteiger partial charge in [-0.05, 0) is 18.3 Å². The van der Waals surface area contributed by atoms with Gasteiger partial charge >= 0.3 is 0 Å². The molecule has 1 aromatic carbocycles. The van der Waals surface area contributed by atoms with Gasteiger partial charge in [-0.1, -0.05) is 11.8 Å². The number of fused-ring (bicyclic) bond motifs is 2. The van der Waals surface area contributed by atoms with E-state index in [4.69, 9.17) is 22.7 Å². The normalized spacial score (nSPS) is 15.2. The van der Waals surface area contributed by atoms with E-state index >= 15 is 0 Å². The van der Waals surface area contributed by atoms with Crippen LogP contribution in [0.4, 0.5) is 11.4 Å². The number of methoxy groups -OCH3 is 1. The Morgan fingerprint density at radius 1 is 1.52 bits per heavy atom. The zero-order valence-electron chi connectivity index (χ0n) is 12.8. The molecule has 1 aliphatic heterocycles. The third-order valence-electron chi connectivity index (χ3n) is 3.32. The number of ether oxygens (including phenoxy) is 1. The summed E-state index contributed by atoms with van der Waals surface area (Å²) in [6, 6.07) is 4.58. The monoisotopic (exact) mass is 379 g/mol. The summed E-state index contributed by atoms with van der Waals surface area (Å²) in [4.78, 5) is 19.8. The molecule has 1 atom stereocenters. The lowest BCUT2D eigenvalue weighted by Crippen LogP contribution is -2.45. The van der Waals surface area contributed by atoms with E-state index in [1.165, 1.54) is 37.3 Å². The Morgan fingerprint density at radius 2 is 2.32 bits per heavy atom. The molecular formula is C13H13N7O3S2. The van der Waals surface area contributed by atoms with E-state index in [1.807, 2.05) is 0 Å². The minimum absolute atomic E-state index is 0.0298. The molecular weight excluding hydrogens is 366 g/mol. The topological polar surface area (TPSA) is 140 Å². The Bertz CT molecular complexity index is 848. The summed E-state index contributed by atoms with van der Waals surface area (Å²) in [5.41, 5.74) is 12.1. The number of nitro benzene ring substituents is 1. The largest absolute Gasteiger partial charge is 0.479 e. The van der Waals surface area contributed by atoms with Crippen LogP contribution in [0.1, 0.15) is 11.7 Å². The Labute approximate surface area is 151 Å². The Hall–Kier alpha value is -2.70. The zero-order valence-corrected chi connectivity index (χ0v) is 14.5. The molecule has 12 heteroatoms. The number of rotatable bonds is 4. The molecule has 0 saturated heterocycles. The number of hydrazine groups is 1. The molecule has 0 amide bonds. The first kappa shape index (κ1) is 17.1. The van der Waals surface area contributed by atoms with Crippen LogP contribution < -0.4 is 26.6 Å². The summed E-state index contributed by atoms with van der Waals surface area (Å²) >= 11 is 6.15. The Morgan fingerprint density at radius 3 is 3.00 bits per heavy atom. The maximum Gasteiger partial charge on any atom is 0.269 e. The van der Waals surface area contributed by atoms with Gasteiger partial charge in [0.25, 0.3) is 5.69 Å². The average molecular weight is 379 g/mol. The number of aromatic nitrogens is 2. The van der Waals surface area contributed by atoms with Crippen LogP contribution in [-0.4, -0.2) is 27.1 Å². The van der Waals surface area contributed by atoms with E-state index in [0.717, 1.165) is 4.90 Å². The van der Waals surface area contributed by atoms with E-state index in [2.05, 4.69) is 26.1 Å². The van der Waals surface area contributed by atoms with Gasteiger partial charge in [0.05, 0.1) is 12.0 Å². The fraction of sp³-hybridized carbons (Fsp3) is 0.154. The SMILES string of the molecule is COc1ncnc2c1N[C@H](NNC(N)=S)c1cc([N+](=O)[O-])ccc1S2. The van der Waals surface area contributed by atoms with Gasteiger partial charge in [-0.25, -0.2) is 10.4 Å². The first-order valence-corrected chi connectivity index (χ1v) is 8.14. The highest BCUT2D eigenvalue weighted by atomic mass is 32.2. The van der Waals surface area contributed by atoms with Crippen molar-refractivity contribution in [3.63, 3.8) is 0 Å². The van der Waals surface area contributed by atoms with Crippen LogP contribution >= 0.6 is 24.0 Å². The quantitative estimate of drug-likeness (QED) is 0.264. The van der Waals surface area contributed by atoms with E-state index < -0.39 is 11.1 Å². The maximum absolute atomic E-state index is 11.1. The van der Waals surface area contributed by atoms with Gasteiger partial charge in [0, 0.05) is 22.6 Å². The highest BCUT2D eigenvalue weighted by molar-refractivity contribution is 7.99. The number of benzene rings is 1. The summed E-state index contributed by atoms with van der Waals surface area (Å²) in [6.07, 6.45) is 0.795. The lowest BCUT2D eigenvalue weighted by Gasteiger charge is -2.22. The summed E-state index contributed by atoms with van der Waals surface area (Å²) in [7, 11) is 1.49. The predicted molar refractivity (Wildman–Crippen MR) is 95.2 cm³/mol. The molecule has 0 radical (unpaired) electrons. The van der Waals surface area contributed by atoms with Crippen molar-refractivity contribution in [2.45, 2.75) is 16.1 Å². The fourth-order valence-corrected chi connectivity index (χ4v) is 3.31. The Kier molecular flexibility index (Phi) is 4.83. The number of nitro groups is 1. The molecule has 130 valence electrons. The van der Waals surface area contributed by atoms with Crippen LogP contribution in [-0.2, 0) is 0 Å². The van der Waals surface area contributed by atoms with Gasteiger partial charge in [-0.3, -0.25) is 15.5 Å². The lowest BCUT2D eigenvalue weighted by atomic mass is 10.1. The molecule has 0 spiro atoms. The van der Waals surface area contributed by atoms with Gasteiger partial charge in [-0.2, -0.15) is 4.98 Å². The van der Waals surface area contributed by atoms with E-state index in [0.29, 0.717) is 22.2 Å². The minimum Gasteiger partial charge on any atom is -0.479 e. The second-order valence-electron chi connectivity index (χ2n) is 4.86. The number of hydrogen-bond donors (Lipinski definition) is 4. The van der Waals surface area contributed by atoms with E-state index in [-0.39, 0.29) is 10.8 Å². The van der Waals surface area contributed by atoms with Crippen molar-refractivity contribution in [3.8, 4) is 5.88 Å². The molecule has 5 N–H and O–H groups in total. The standard InChI is InChI=1S/C13H13N7O3S2/c1-23-11-9-12(16-5-15-11)25-8-3-2-6(20(21)22)4-7(8)10(17-9)18-19-13(14)24/h2-5,10,17-18H,1H3,(H3,14,19,24)/t10-/m1/s1. The van der Waals surface area contributed by atoms with Gasteiger partial charge in [-0.15, -0.1) is 0 Å². The first-order valence-electron chi connectivity index (χ1n) is 6.92. The van der Waals surface area contributed by atoms with Crippen molar-refractivity contribution in [3.05, 3.63) is 40.2 Å². The predicted octanol–water partition coefficient (Wildman–Crippen LogP) is 1.31. The fourth-order valence-electron chi connectivity index (χ4n) is 2.26. The number of hydrogen-bond acceptors (Lipinski definition) is 9. The van der Waals surface area contributed by atoms with Crippen molar-refractivity contribution in [2.24, 2.45) is 5.73 Å². The van der Waals surface area contributed by atoms with Crippen LogP contribution in [0.3, 0.4) is 0 Å². The summed E-state index contributed by atoms with van der Waals surface area (Å²) in [6.45, 7) is 0. The lowest BCUT2D eigenvalue weighted by molar-refractivity contribution is -0.385. The van der Waals surface area contributed by atoms with Crippen LogP contribution in [0.25, 0.3) is 0 Å². The van der Waals surface area contributed by atoms with Crippen LogP contribution in [0.2, 0.25) is 0 Å². The summed E-state index contributed by atoms with van der Waals surface area (Å²) in [5.74, 6) is 0.349. The number of thiocarbonyl (C=S) groups is 1. The second kappa shape index (κ2) is 7.04. The van der Waals surface area contributed by atoms with Crippen molar-refractivity contribution >= 4 is 40.5 Å². The number of nitrogens with zero attached hydrogens (tertiary/aromatic N) is 3. The van der Waals surface area contributed by atoms with Crippen molar-refractivity contribution in [1.82, 2.24) is 20.8 Å². The van der Waals surface area contributed by atoms with Crippen molar-refractivity contribution in [1.29, 1.82) is 0 Å². The van der Waals surface area contributed by atoms with Gasteiger partial charge in [0.15, 0.2) is 5.11 Å². The smallest absolute Gasteiger partial charge is 0.269 e. The third kappa shape index (κ3) is 3.55. The van der Waals surface area contributed by atoms with Gasteiger partial charge in [0.1, 0.15) is 23.2 Å². The molecule has 0 bridgehead atoms. The molecule has 3 rings (SSSR count). The first-order chi connectivity index (χ1) is 12.0. The van der Waals surface area contributed by atoms with Crippen LogP contribution in [0, 0.1) is 10.1 Å². The summed E-state index contributed by atoms with van der Waals surface area (Å²) in [5, 5.41) is 15.0. The zero-order chi connectivity index (χ0) is 18.0. The average Bonchev–Trinajstić information content (AvgIpc) is 2.75. The van der Waals surface area contributed by atoms with E-state index in [9.17, 15) is 10.1 Å². The molecule has 0 unspecified atom stereocenters. The number of anilines is 1. The molecule has 1 aromatic heterocycles. The van der Waals surface area contributed by atoms with Gasteiger partial charge in [0.2, 0.25) is 5.88 Å². The third-order valence-corrected chi connectivity index (χ3v) is 4.52. The van der Waals surface area contributed by atoms with Crippen LogP contribution in [0.5, 0.6) is 5.88 Å². The van der Waals surface area contributed by atoms with Crippen molar-refractivity contribution < 1.29 is 9.66 Å². The number of nitrogens with two attached hydrogens (primary N) is 1. The molecule has 0 aliphatic carbocycles. The maximum atomic E-state index is 11.1. The number of non-ortho nitro benzene ring substituents is 1. The highest BCUT2D eigenvalue weighted by Gasteiger charge is 2.27. The molecule has 2 heterocycles. The Balaban J connectivity index is 2.09. The minimum atomic E-state index is -0.593. The molecule has 25 heavy (non-hydrogen) atoms. The molecule has 1 aliphatic rings. The van der Waals surface area contributed by atoms with Crippen molar-refractivity contribution in [2.75, 3.05) is 12.4 Å². The second-order valence-corrected chi connectivity index (χ2v) is 6.33. The molecule has 0 saturated carbocycles. The molecule has 0 fully saturated rings. The molecule has 2 aromatic rings. The van der Waals surface area contributed by atoms with Crippen LogP contribution in [0.15, 0.2) is 34.4 Å². The molecule has 10 nitrogen and oxygen atoms in total. The number of nitrogens with one attached hydrogen (secondary N) is 3. The van der Waals surface area contributed by atoms with E-state index in [1.54, 1.807) is 6.07 Å².